The Morgan fingerprint density at radius 3 is 2.33 bits per heavy atom. The van der Waals surface area contributed by atoms with Crippen LogP contribution in [-0.4, -0.2) is 0 Å². The first kappa shape index (κ1) is 6.61. The lowest BCUT2D eigenvalue weighted by molar-refractivity contribution is 0.126. The van der Waals surface area contributed by atoms with Crippen LogP contribution in [0.25, 0.3) is 0 Å². The van der Waals surface area contributed by atoms with Gasteiger partial charge in [-0.15, -0.1) is 0 Å². The summed E-state index contributed by atoms with van der Waals surface area (Å²) in [6, 6.07) is 2.40. The van der Waals surface area contributed by atoms with Crippen molar-refractivity contribution in [3.05, 3.63) is 0 Å². The first-order valence-corrected chi connectivity index (χ1v) is 3.64. The highest BCUT2D eigenvalue weighted by atomic mass is 14.5. The van der Waals surface area contributed by atoms with E-state index in [0.29, 0.717) is 0 Å². The van der Waals surface area contributed by atoms with E-state index in [-0.39, 0.29) is 5.41 Å². The third-order valence-electron chi connectivity index (χ3n) is 2.39. The second kappa shape index (κ2) is 2.02. The SMILES string of the molecule is CCC1(C#N)CC(C)C1. The quantitative estimate of drug-likeness (QED) is 0.525. The maximum Gasteiger partial charge on any atom is 0.0689 e. The van der Waals surface area contributed by atoms with Crippen LogP contribution in [0.5, 0.6) is 0 Å². The average molecular weight is 123 g/mol. The molecule has 0 N–H and O–H groups in total. The summed E-state index contributed by atoms with van der Waals surface area (Å²) in [4.78, 5) is 0. The fraction of sp³-hybridized carbons (Fsp3) is 0.875. The van der Waals surface area contributed by atoms with Crippen LogP contribution in [-0.2, 0) is 0 Å². The van der Waals surface area contributed by atoms with Gasteiger partial charge in [0.25, 0.3) is 0 Å². The predicted octanol–water partition coefficient (Wildman–Crippen LogP) is 2.34. The Bertz CT molecular complexity index is 137. The fourth-order valence-electron chi connectivity index (χ4n) is 1.73. The van der Waals surface area contributed by atoms with Gasteiger partial charge in [-0.05, 0) is 25.2 Å². The Labute approximate surface area is 56.7 Å². The normalized spacial score (nSPS) is 41.2. The lowest BCUT2D eigenvalue weighted by atomic mass is 9.62. The second-order valence-electron chi connectivity index (χ2n) is 3.26. The monoisotopic (exact) mass is 123 g/mol. The van der Waals surface area contributed by atoms with Crippen LogP contribution in [0.4, 0.5) is 0 Å². The third-order valence-corrected chi connectivity index (χ3v) is 2.39. The Morgan fingerprint density at radius 1 is 1.67 bits per heavy atom. The minimum atomic E-state index is 0.0828. The van der Waals surface area contributed by atoms with E-state index in [4.69, 9.17) is 5.26 Å². The largest absolute Gasteiger partial charge is 0.198 e. The molecule has 50 valence electrons. The van der Waals surface area contributed by atoms with Gasteiger partial charge >= 0.3 is 0 Å². The van der Waals surface area contributed by atoms with Crippen LogP contribution in [0.3, 0.4) is 0 Å². The smallest absolute Gasteiger partial charge is 0.0689 e. The maximum absolute atomic E-state index is 8.70. The molecule has 0 atom stereocenters. The zero-order chi connectivity index (χ0) is 6.91. The molecule has 0 aromatic carbocycles. The minimum Gasteiger partial charge on any atom is -0.198 e. The van der Waals surface area contributed by atoms with Crippen molar-refractivity contribution < 1.29 is 0 Å². The molecule has 0 aliphatic heterocycles. The molecule has 1 saturated carbocycles. The Morgan fingerprint density at radius 2 is 2.22 bits per heavy atom. The van der Waals surface area contributed by atoms with Crippen LogP contribution in [0.2, 0.25) is 0 Å². The van der Waals surface area contributed by atoms with Gasteiger partial charge in [0.15, 0.2) is 0 Å². The fourth-order valence-corrected chi connectivity index (χ4v) is 1.73. The molecule has 9 heavy (non-hydrogen) atoms. The van der Waals surface area contributed by atoms with Crippen molar-refractivity contribution in [3.8, 4) is 6.07 Å². The number of hydrogen-bond acceptors (Lipinski definition) is 1. The van der Waals surface area contributed by atoms with Crippen molar-refractivity contribution in [1.29, 1.82) is 5.26 Å². The molecule has 0 heterocycles. The molecule has 0 aromatic rings. The van der Waals surface area contributed by atoms with Crippen LogP contribution < -0.4 is 0 Å². The lowest BCUT2D eigenvalue weighted by Gasteiger charge is -2.40. The van der Waals surface area contributed by atoms with E-state index in [1.807, 2.05) is 0 Å². The van der Waals surface area contributed by atoms with Gasteiger partial charge in [-0.1, -0.05) is 13.8 Å². The Hall–Kier alpha value is -0.510. The highest BCUT2D eigenvalue weighted by molar-refractivity contribution is 5.05. The van der Waals surface area contributed by atoms with Crippen LogP contribution >= 0.6 is 0 Å². The first-order chi connectivity index (χ1) is 4.22. The van der Waals surface area contributed by atoms with Gasteiger partial charge in [0.1, 0.15) is 0 Å². The summed E-state index contributed by atoms with van der Waals surface area (Å²) in [6.45, 7) is 4.32. The molecular weight excluding hydrogens is 110 g/mol. The molecule has 0 spiro atoms. The van der Waals surface area contributed by atoms with E-state index in [9.17, 15) is 0 Å². The molecule has 1 nitrogen and oxygen atoms in total. The van der Waals surface area contributed by atoms with Gasteiger partial charge in [-0.2, -0.15) is 5.26 Å². The Balaban J connectivity index is 2.48. The van der Waals surface area contributed by atoms with E-state index in [0.717, 1.165) is 25.2 Å². The second-order valence-corrected chi connectivity index (χ2v) is 3.26. The van der Waals surface area contributed by atoms with E-state index >= 15 is 0 Å². The number of nitrogens with zero attached hydrogens (tertiary/aromatic N) is 1. The minimum absolute atomic E-state index is 0.0828. The van der Waals surface area contributed by atoms with Gasteiger partial charge in [0, 0.05) is 0 Å². The summed E-state index contributed by atoms with van der Waals surface area (Å²) in [6.07, 6.45) is 3.29. The molecule has 0 radical (unpaired) electrons. The summed E-state index contributed by atoms with van der Waals surface area (Å²) in [5, 5.41) is 8.70. The number of nitriles is 1. The first-order valence-electron chi connectivity index (χ1n) is 3.64. The molecule has 0 unspecified atom stereocenters. The van der Waals surface area contributed by atoms with Gasteiger partial charge < -0.3 is 0 Å². The zero-order valence-corrected chi connectivity index (χ0v) is 6.15. The van der Waals surface area contributed by atoms with E-state index in [1.165, 1.54) is 0 Å². The van der Waals surface area contributed by atoms with Crippen molar-refractivity contribution >= 4 is 0 Å². The maximum atomic E-state index is 8.70. The Kier molecular flexibility index (Phi) is 1.48. The van der Waals surface area contributed by atoms with Gasteiger partial charge in [-0.25, -0.2) is 0 Å². The summed E-state index contributed by atoms with van der Waals surface area (Å²) in [5.41, 5.74) is 0.0828. The van der Waals surface area contributed by atoms with Crippen molar-refractivity contribution in [2.75, 3.05) is 0 Å². The zero-order valence-electron chi connectivity index (χ0n) is 6.15. The molecule has 1 fully saturated rings. The van der Waals surface area contributed by atoms with Gasteiger partial charge in [0.05, 0.1) is 11.5 Å². The van der Waals surface area contributed by atoms with Crippen molar-refractivity contribution in [2.45, 2.75) is 33.1 Å². The molecule has 1 rings (SSSR count). The summed E-state index contributed by atoms with van der Waals surface area (Å²) < 4.78 is 0. The van der Waals surface area contributed by atoms with Crippen LogP contribution in [0, 0.1) is 22.7 Å². The van der Waals surface area contributed by atoms with E-state index in [1.54, 1.807) is 0 Å². The van der Waals surface area contributed by atoms with E-state index in [2.05, 4.69) is 19.9 Å². The third kappa shape index (κ3) is 0.941. The lowest BCUT2D eigenvalue weighted by Crippen LogP contribution is -2.33. The molecule has 1 heteroatoms. The molecule has 0 amide bonds. The summed E-state index contributed by atoms with van der Waals surface area (Å²) >= 11 is 0. The van der Waals surface area contributed by atoms with Crippen LogP contribution in [0.1, 0.15) is 33.1 Å². The number of rotatable bonds is 1. The summed E-state index contributed by atoms with van der Waals surface area (Å²) in [7, 11) is 0. The van der Waals surface area contributed by atoms with Crippen molar-refractivity contribution in [3.63, 3.8) is 0 Å². The number of hydrogen-bond donors (Lipinski definition) is 0. The molecular formula is C8H13N. The molecule has 1 aliphatic rings. The molecule has 0 saturated heterocycles. The highest BCUT2D eigenvalue weighted by Crippen LogP contribution is 2.47. The van der Waals surface area contributed by atoms with E-state index < -0.39 is 0 Å². The average Bonchev–Trinajstić information content (AvgIpc) is 1.81. The predicted molar refractivity (Wildman–Crippen MR) is 36.7 cm³/mol. The standard InChI is InChI=1S/C8H13N/c1-3-8(6-9)4-7(2)5-8/h7H,3-5H2,1-2H3. The highest BCUT2D eigenvalue weighted by Gasteiger charge is 2.40. The van der Waals surface area contributed by atoms with Crippen molar-refractivity contribution in [1.82, 2.24) is 0 Å². The molecule has 0 aromatic heterocycles. The topological polar surface area (TPSA) is 23.8 Å². The van der Waals surface area contributed by atoms with Crippen molar-refractivity contribution in [2.24, 2.45) is 11.3 Å². The van der Waals surface area contributed by atoms with Gasteiger partial charge in [0.2, 0.25) is 0 Å². The molecule has 1 aliphatic carbocycles. The van der Waals surface area contributed by atoms with Crippen LogP contribution in [0.15, 0.2) is 0 Å². The van der Waals surface area contributed by atoms with Gasteiger partial charge in [-0.3, -0.25) is 0 Å². The summed E-state index contributed by atoms with van der Waals surface area (Å²) in [5.74, 6) is 0.796. The molecule has 0 bridgehead atoms.